The average molecular weight is 262 g/mol. The van der Waals surface area contributed by atoms with Crippen LogP contribution in [0.3, 0.4) is 0 Å². The molecule has 0 amide bonds. The highest BCUT2D eigenvalue weighted by molar-refractivity contribution is 7.10. The van der Waals surface area contributed by atoms with Gasteiger partial charge < -0.3 is 4.90 Å². The Balaban J connectivity index is 3.11. The summed E-state index contributed by atoms with van der Waals surface area (Å²) in [6, 6.07) is 1.96. The molecule has 2 unspecified atom stereocenters. The minimum Gasteiger partial charge on any atom is -0.302 e. The summed E-state index contributed by atoms with van der Waals surface area (Å²) in [5.74, 6) is 5.70. The summed E-state index contributed by atoms with van der Waals surface area (Å²) in [6.45, 7) is 4.35. The molecule has 92 valence electrons. The number of likely N-dealkylation sites (N-methyl/N-ethyl adjacent to an activating group) is 1. The van der Waals surface area contributed by atoms with Crippen molar-refractivity contribution >= 4 is 22.9 Å². The predicted octanol–water partition coefficient (Wildman–Crippen LogP) is 2.64. The maximum absolute atomic E-state index is 6.18. The molecule has 0 bridgehead atoms. The SMILES string of the molecule is CCC(C)(C(NN)c1sccc1Cl)N(C)C. The molecule has 1 aromatic rings. The van der Waals surface area contributed by atoms with Crippen molar-refractivity contribution in [2.45, 2.75) is 31.8 Å². The summed E-state index contributed by atoms with van der Waals surface area (Å²) < 4.78 is 0. The molecule has 0 aromatic carbocycles. The van der Waals surface area contributed by atoms with Gasteiger partial charge in [0.25, 0.3) is 0 Å². The van der Waals surface area contributed by atoms with Crippen LogP contribution in [0.25, 0.3) is 0 Å². The molecule has 0 aliphatic rings. The zero-order valence-corrected chi connectivity index (χ0v) is 11.8. The van der Waals surface area contributed by atoms with Gasteiger partial charge in [-0.15, -0.1) is 11.3 Å². The van der Waals surface area contributed by atoms with Gasteiger partial charge in [-0.05, 0) is 38.9 Å². The minimum absolute atomic E-state index is 0.0417. The Hall–Kier alpha value is -0.130. The van der Waals surface area contributed by atoms with Gasteiger partial charge in [0, 0.05) is 10.4 Å². The number of nitrogens with one attached hydrogen (secondary N) is 1. The Morgan fingerprint density at radius 2 is 2.25 bits per heavy atom. The Labute approximate surface area is 107 Å². The summed E-state index contributed by atoms with van der Waals surface area (Å²) in [5.41, 5.74) is 2.85. The maximum Gasteiger partial charge on any atom is 0.0748 e. The van der Waals surface area contributed by atoms with E-state index in [2.05, 4.69) is 38.3 Å². The molecule has 3 nitrogen and oxygen atoms in total. The predicted molar refractivity (Wildman–Crippen MR) is 71.8 cm³/mol. The lowest BCUT2D eigenvalue weighted by Gasteiger charge is -2.42. The molecule has 3 N–H and O–H groups in total. The molecule has 0 fully saturated rings. The molecule has 0 saturated heterocycles. The van der Waals surface area contributed by atoms with E-state index >= 15 is 0 Å². The fraction of sp³-hybridized carbons (Fsp3) is 0.636. The lowest BCUT2D eigenvalue weighted by atomic mass is 9.87. The maximum atomic E-state index is 6.18. The summed E-state index contributed by atoms with van der Waals surface area (Å²) >= 11 is 7.82. The van der Waals surface area contributed by atoms with Crippen LogP contribution in [-0.4, -0.2) is 24.5 Å². The molecule has 5 heteroatoms. The second kappa shape index (κ2) is 5.47. The molecular weight excluding hydrogens is 242 g/mol. The first kappa shape index (κ1) is 13.9. The van der Waals surface area contributed by atoms with Crippen molar-refractivity contribution in [2.24, 2.45) is 5.84 Å². The summed E-state index contributed by atoms with van der Waals surface area (Å²) in [4.78, 5) is 3.29. The first-order valence-electron chi connectivity index (χ1n) is 5.33. The number of rotatable bonds is 5. The third-order valence-electron chi connectivity index (χ3n) is 3.43. The van der Waals surface area contributed by atoms with E-state index in [0.29, 0.717) is 0 Å². The molecule has 0 aliphatic heterocycles. The molecule has 0 saturated carbocycles. The number of thiophene rings is 1. The van der Waals surface area contributed by atoms with Crippen molar-refractivity contribution < 1.29 is 0 Å². The van der Waals surface area contributed by atoms with Gasteiger partial charge in [-0.25, -0.2) is 0 Å². The van der Waals surface area contributed by atoms with Gasteiger partial charge >= 0.3 is 0 Å². The van der Waals surface area contributed by atoms with Crippen LogP contribution < -0.4 is 11.3 Å². The number of hydrogen-bond donors (Lipinski definition) is 2. The van der Waals surface area contributed by atoms with Crippen LogP contribution in [0.15, 0.2) is 11.4 Å². The Bertz CT molecular complexity index is 340. The lowest BCUT2D eigenvalue weighted by molar-refractivity contribution is 0.114. The van der Waals surface area contributed by atoms with Gasteiger partial charge in [-0.3, -0.25) is 11.3 Å². The lowest BCUT2D eigenvalue weighted by Crippen LogP contribution is -2.52. The standard InChI is InChI=1S/C11H20ClN3S/c1-5-11(2,15(3)4)10(14-13)9-8(12)6-7-16-9/h6-7,10,14H,5,13H2,1-4H3. The smallest absolute Gasteiger partial charge is 0.0748 e. The quantitative estimate of drug-likeness (QED) is 0.633. The van der Waals surface area contributed by atoms with Crippen molar-refractivity contribution in [2.75, 3.05) is 14.1 Å². The van der Waals surface area contributed by atoms with E-state index < -0.39 is 0 Å². The van der Waals surface area contributed by atoms with Crippen molar-refractivity contribution in [1.29, 1.82) is 0 Å². The van der Waals surface area contributed by atoms with Gasteiger partial charge in [0.05, 0.1) is 11.1 Å². The molecule has 1 aromatic heterocycles. The van der Waals surface area contributed by atoms with Gasteiger partial charge in [-0.1, -0.05) is 18.5 Å². The van der Waals surface area contributed by atoms with E-state index in [0.717, 1.165) is 16.3 Å². The summed E-state index contributed by atoms with van der Waals surface area (Å²) in [7, 11) is 4.13. The molecule has 0 radical (unpaired) electrons. The van der Waals surface area contributed by atoms with E-state index in [9.17, 15) is 0 Å². The second-order valence-corrected chi connectivity index (χ2v) is 5.69. The van der Waals surface area contributed by atoms with Gasteiger partial charge in [0.2, 0.25) is 0 Å². The fourth-order valence-electron chi connectivity index (χ4n) is 1.83. The highest BCUT2D eigenvalue weighted by atomic mass is 35.5. The largest absolute Gasteiger partial charge is 0.302 e. The molecule has 1 rings (SSSR count). The van der Waals surface area contributed by atoms with Crippen LogP contribution in [0.4, 0.5) is 0 Å². The third-order valence-corrected chi connectivity index (χ3v) is 4.86. The zero-order chi connectivity index (χ0) is 12.3. The van der Waals surface area contributed by atoms with Crippen LogP contribution in [0.2, 0.25) is 5.02 Å². The molecular formula is C11H20ClN3S. The van der Waals surface area contributed by atoms with E-state index in [1.807, 2.05) is 11.4 Å². The number of hydrogen-bond acceptors (Lipinski definition) is 4. The van der Waals surface area contributed by atoms with Gasteiger partial charge in [-0.2, -0.15) is 0 Å². The highest BCUT2D eigenvalue weighted by Gasteiger charge is 2.36. The van der Waals surface area contributed by atoms with Crippen LogP contribution in [-0.2, 0) is 0 Å². The summed E-state index contributed by atoms with van der Waals surface area (Å²) in [6.07, 6.45) is 0.989. The highest BCUT2D eigenvalue weighted by Crippen LogP contribution is 2.38. The summed E-state index contributed by atoms with van der Waals surface area (Å²) in [5, 5.41) is 2.78. The van der Waals surface area contributed by atoms with Crippen LogP contribution >= 0.6 is 22.9 Å². The van der Waals surface area contributed by atoms with Crippen molar-refractivity contribution in [3.8, 4) is 0 Å². The molecule has 1 heterocycles. The van der Waals surface area contributed by atoms with Crippen LogP contribution in [0.1, 0.15) is 31.2 Å². The normalized spacial score (nSPS) is 17.4. The van der Waals surface area contributed by atoms with Crippen molar-refractivity contribution in [1.82, 2.24) is 10.3 Å². The number of hydrazine groups is 1. The van der Waals surface area contributed by atoms with Crippen LogP contribution in [0.5, 0.6) is 0 Å². The first-order valence-corrected chi connectivity index (χ1v) is 6.59. The van der Waals surface area contributed by atoms with Gasteiger partial charge in [0.1, 0.15) is 0 Å². The Kier molecular flexibility index (Phi) is 4.76. The van der Waals surface area contributed by atoms with Gasteiger partial charge in [0.15, 0.2) is 0 Å². The van der Waals surface area contributed by atoms with E-state index in [-0.39, 0.29) is 11.6 Å². The van der Waals surface area contributed by atoms with E-state index in [4.69, 9.17) is 17.4 Å². The third kappa shape index (κ3) is 2.41. The average Bonchev–Trinajstić information content (AvgIpc) is 2.65. The molecule has 0 aliphatic carbocycles. The zero-order valence-electron chi connectivity index (χ0n) is 10.2. The number of nitrogens with two attached hydrogens (primary N) is 1. The van der Waals surface area contributed by atoms with Crippen molar-refractivity contribution in [3.63, 3.8) is 0 Å². The topological polar surface area (TPSA) is 41.3 Å². The number of nitrogens with zero attached hydrogens (tertiary/aromatic N) is 1. The van der Waals surface area contributed by atoms with E-state index in [1.54, 1.807) is 11.3 Å². The molecule has 16 heavy (non-hydrogen) atoms. The minimum atomic E-state index is -0.0523. The Morgan fingerprint density at radius 3 is 2.56 bits per heavy atom. The molecule has 0 spiro atoms. The molecule has 2 atom stereocenters. The van der Waals surface area contributed by atoms with Crippen LogP contribution in [0, 0.1) is 0 Å². The Morgan fingerprint density at radius 1 is 1.62 bits per heavy atom. The first-order chi connectivity index (χ1) is 7.47. The fourth-order valence-corrected chi connectivity index (χ4v) is 3.20. The van der Waals surface area contributed by atoms with E-state index in [1.165, 1.54) is 0 Å². The van der Waals surface area contributed by atoms with Crippen molar-refractivity contribution in [3.05, 3.63) is 21.3 Å². The number of halogens is 1. The monoisotopic (exact) mass is 261 g/mol. The second-order valence-electron chi connectivity index (χ2n) is 4.34.